The van der Waals surface area contributed by atoms with E-state index >= 15 is 0 Å². The molecule has 22 heavy (non-hydrogen) atoms. The molecular weight excluding hydrogens is 280 g/mol. The van der Waals surface area contributed by atoms with Crippen molar-refractivity contribution in [3.05, 3.63) is 52.7 Å². The van der Waals surface area contributed by atoms with Gasteiger partial charge in [0.15, 0.2) is 0 Å². The third-order valence-electron chi connectivity index (χ3n) is 3.82. The number of aromatic nitrogens is 1. The number of furan rings is 1. The third-order valence-corrected chi connectivity index (χ3v) is 3.82. The summed E-state index contributed by atoms with van der Waals surface area (Å²) in [5, 5.41) is 12.4. The lowest BCUT2D eigenvalue weighted by Gasteiger charge is -2.14. The fourth-order valence-corrected chi connectivity index (χ4v) is 2.47. The molecule has 0 aromatic carbocycles. The molecule has 0 radical (unpaired) electrons. The molecule has 1 amide bonds. The molecule has 2 aromatic heterocycles. The van der Waals surface area contributed by atoms with Crippen molar-refractivity contribution in [1.29, 1.82) is 0 Å². The van der Waals surface area contributed by atoms with Gasteiger partial charge in [-0.25, -0.2) is 0 Å². The van der Waals surface area contributed by atoms with Gasteiger partial charge in [0.05, 0.1) is 5.56 Å². The van der Waals surface area contributed by atoms with Crippen LogP contribution in [-0.2, 0) is 6.42 Å². The Bertz CT molecular complexity index is 635. The number of hydrogen-bond acceptors (Lipinski definition) is 4. The summed E-state index contributed by atoms with van der Waals surface area (Å²) in [6.07, 6.45) is 2.35. The van der Waals surface area contributed by atoms with E-state index in [-0.39, 0.29) is 18.4 Å². The highest BCUT2D eigenvalue weighted by Crippen LogP contribution is 2.20. The Hall–Kier alpha value is -2.14. The van der Waals surface area contributed by atoms with Crippen molar-refractivity contribution in [3.63, 3.8) is 0 Å². The molecule has 5 heteroatoms. The van der Waals surface area contributed by atoms with Gasteiger partial charge in [-0.15, -0.1) is 0 Å². The van der Waals surface area contributed by atoms with Gasteiger partial charge in [-0.3, -0.25) is 9.78 Å². The fraction of sp³-hybridized carbons (Fsp3) is 0.412. The van der Waals surface area contributed by atoms with Crippen LogP contribution in [0, 0.1) is 26.7 Å². The SMILES string of the molecule is Cc1oc(C)c(C(=O)NCC(CO)Cc2ccccn2)c1C. The van der Waals surface area contributed by atoms with Crippen molar-refractivity contribution >= 4 is 5.91 Å². The van der Waals surface area contributed by atoms with E-state index in [9.17, 15) is 9.90 Å². The summed E-state index contributed by atoms with van der Waals surface area (Å²) in [5.74, 6) is 1.16. The smallest absolute Gasteiger partial charge is 0.255 e. The van der Waals surface area contributed by atoms with Crippen LogP contribution in [0.15, 0.2) is 28.8 Å². The molecule has 1 atom stereocenters. The Kier molecular flexibility index (Phi) is 5.33. The lowest BCUT2D eigenvalue weighted by Crippen LogP contribution is -2.32. The highest BCUT2D eigenvalue weighted by atomic mass is 16.3. The van der Waals surface area contributed by atoms with Gasteiger partial charge in [0, 0.05) is 36.5 Å². The zero-order valence-corrected chi connectivity index (χ0v) is 13.2. The van der Waals surface area contributed by atoms with E-state index in [1.165, 1.54) is 0 Å². The van der Waals surface area contributed by atoms with Crippen molar-refractivity contribution < 1.29 is 14.3 Å². The molecule has 5 nitrogen and oxygen atoms in total. The summed E-state index contributed by atoms with van der Waals surface area (Å²) in [5.41, 5.74) is 2.36. The number of carbonyl (C=O) groups excluding carboxylic acids is 1. The van der Waals surface area contributed by atoms with E-state index in [4.69, 9.17) is 4.42 Å². The van der Waals surface area contributed by atoms with Crippen LogP contribution in [0.25, 0.3) is 0 Å². The van der Waals surface area contributed by atoms with E-state index in [1.807, 2.05) is 32.0 Å². The van der Waals surface area contributed by atoms with Gasteiger partial charge in [0.2, 0.25) is 0 Å². The number of aryl methyl sites for hydroxylation is 2. The van der Waals surface area contributed by atoms with Gasteiger partial charge < -0.3 is 14.8 Å². The van der Waals surface area contributed by atoms with Crippen LogP contribution >= 0.6 is 0 Å². The monoisotopic (exact) mass is 302 g/mol. The first-order chi connectivity index (χ1) is 10.5. The summed E-state index contributed by atoms with van der Waals surface area (Å²) >= 11 is 0. The molecule has 2 heterocycles. The second-order valence-electron chi connectivity index (χ2n) is 5.50. The lowest BCUT2D eigenvalue weighted by atomic mass is 10.0. The third kappa shape index (κ3) is 3.74. The van der Waals surface area contributed by atoms with Gasteiger partial charge >= 0.3 is 0 Å². The number of aliphatic hydroxyl groups excluding tert-OH is 1. The number of pyridine rings is 1. The molecule has 118 valence electrons. The highest BCUT2D eigenvalue weighted by molar-refractivity contribution is 5.96. The van der Waals surface area contributed by atoms with E-state index in [1.54, 1.807) is 13.1 Å². The molecule has 0 bridgehead atoms. The standard InChI is InChI=1S/C17H22N2O3/c1-11-12(2)22-13(3)16(11)17(21)19-9-14(10-20)8-15-6-4-5-7-18-15/h4-7,14,20H,8-10H2,1-3H3,(H,19,21). The van der Waals surface area contributed by atoms with E-state index in [0.717, 1.165) is 17.0 Å². The number of nitrogens with one attached hydrogen (secondary N) is 1. The zero-order chi connectivity index (χ0) is 16.1. The second kappa shape index (κ2) is 7.22. The summed E-state index contributed by atoms with van der Waals surface area (Å²) in [6, 6.07) is 5.68. The van der Waals surface area contributed by atoms with Gasteiger partial charge in [-0.05, 0) is 39.3 Å². The Morgan fingerprint density at radius 2 is 2.09 bits per heavy atom. The molecule has 0 spiro atoms. The quantitative estimate of drug-likeness (QED) is 0.857. The molecule has 2 aromatic rings. The number of hydrogen-bond donors (Lipinski definition) is 2. The van der Waals surface area contributed by atoms with Crippen molar-refractivity contribution in [2.45, 2.75) is 27.2 Å². The Labute approximate surface area is 130 Å². The maximum atomic E-state index is 12.3. The average molecular weight is 302 g/mol. The number of carbonyl (C=O) groups is 1. The zero-order valence-electron chi connectivity index (χ0n) is 13.2. The van der Waals surface area contributed by atoms with Crippen LogP contribution in [-0.4, -0.2) is 29.1 Å². The van der Waals surface area contributed by atoms with E-state index in [0.29, 0.717) is 24.3 Å². The van der Waals surface area contributed by atoms with Crippen LogP contribution in [0.4, 0.5) is 0 Å². The summed E-state index contributed by atoms with van der Waals surface area (Å²) in [6.45, 7) is 5.90. The molecule has 2 rings (SSSR count). The first-order valence-electron chi connectivity index (χ1n) is 7.38. The molecule has 2 N–H and O–H groups in total. The molecule has 0 fully saturated rings. The average Bonchev–Trinajstić information content (AvgIpc) is 2.77. The van der Waals surface area contributed by atoms with Gasteiger partial charge in [0.25, 0.3) is 5.91 Å². The predicted octanol–water partition coefficient (Wildman–Crippen LogP) is 2.18. The minimum Gasteiger partial charge on any atom is -0.466 e. The fourth-order valence-electron chi connectivity index (χ4n) is 2.47. The Morgan fingerprint density at radius 3 is 2.64 bits per heavy atom. The molecule has 0 aliphatic carbocycles. The minimum absolute atomic E-state index is 0.000761. The van der Waals surface area contributed by atoms with Crippen LogP contribution < -0.4 is 5.32 Å². The largest absolute Gasteiger partial charge is 0.466 e. The van der Waals surface area contributed by atoms with E-state index in [2.05, 4.69) is 10.3 Å². The molecule has 1 unspecified atom stereocenters. The first-order valence-corrected chi connectivity index (χ1v) is 7.38. The maximum Gasteiger partial charge on any atom is 0.255 e. The Morgan fingerprint density at radius 1 is 1.32 bits per heavy atom. The number of rotatable bonds is 6. The normalized spacial score (nSPS) is 12.2. The summed E-state index contributed by atoms with van der Waals surface area (Å²) in [7, 11) is 0. The number of nitrogens with zero attached hydrogens (tertiary/aromatic N) is 1. The van der Waals surface area contributed by atoms with Crippen molar-refractivity contribution in [2.24, 2.45) is 5.92 Å². The van der Waals surface area contributed by atoms with E-state index < -0.39 is 0 Å². The van der Waals surface area contributed by atoms with Gasteiger partial charge in [-0.2, -0.15) is 0 Å². The Balaban J connectivity index is 1.97. The molecular formula is C17H22N2O3. The van der Waals surface area contributed by atoms with Gasteiger partial charge in [-0.1, -0.05) is 6.07 Å². The predicted molar refractivity (Wildman–Crippen MR) is 83.8 cm³/mol. The number of aliphatic hydroxyl groups is 1. The molecule has 0 aliphatic rings. The van der Waals surface area contributed by atoms with Crippen LogP contribution in [0.3, 0.4) is 0 Å². The first kappa shape index (κ1) is 16.2. The second-order valence-corrected chi connectivity index (χ2v) is 5.50. The summed E-state index contributed by atoms with van der Waals surface area (Å²) < 4.78 is 5.47. The highest BCUT2D eigenvalue weighted by Gasteiger charge is 2.19. The lowest BCUT2D eigenvalue weighted by molar-refractivity contribution is 0.0938. The summed E-state index contributed by atoms with van der Waals surface area (Å²) in [4.78, 5) is 16.5. The van der Waals surface area contributed by atoms with Crippen LogP contribution in [0.2, 0.25) is 0 Å². The molecule has 0 saturated heterocycles. The maximum absolute atomic E-state index is 12.3. The molecule has 0 aliphatic heterocycles. The van der Waals surface area contributed by atoms with Crippen molar-refractivity contribution in [2.75, 3.05) is 13.2 Å². The van der Waals surface area contributed by atoms with Crippen molar-refractivity contribution in [3.8, 4) is 0 Å². The van der Waals surface area contributed by atoms with Gasteiger partial charge in [0.1, 0.15) is 11.5 Å². The number of amides is 1. The molecule has 0 saturated carbocycles. The minimum atomic E-state index is -0.161. The van der Waals surface area contributed by atoms with Crippen LogP contribution in [0.5, 0.6) is 0 Å². The van der Waals surface area contributed by atoms with Crippen LogP contribution in [0.1, 0.15) is 33.1 Å². The van der Waals surface area contributed by atoms with Crippen molar-refractivity contribution in [1.82, 2.24) is 10.3 Å². The topological polar surface area (TPSA) is 75.4 Å².